The highest BCUT2D eigenvalue weighted by molar-refractivity contribution is 7.99. The van der Waals surface area contributed by atoms with E-state index in [1.54, 1.807) is 0 Å². The van der Waals surface area contributed by atoms with Gasteiger partial charge in [-0.1, -0.05) is 0 Å². The molecule has 1 unspecified atom stereocenters. The third-order valence-corrected chi connectivity index (χ3v) is 3.22. The van der Waals surface area contributed by atoms with Crippen molar-refractivity contribution in [3.8, 4) is 0 Å². The number of hydrogen-bond donors (Lipinski definition) is 2. The fraction of sp³-hybridized carbons (Fsp3) is 0.400. The lowest BCUT2D eigenvalue weighted by molar-refractivity contribution is -0.152. The van der Waals surface area contributed by atoms with E-state index in [0.29, 0.717) is 4.90 Å². The molecule has 2 N–H and O–H groups in total. The van der Waals surface area contributed by atoms with Crippen molar-refractivity contribution in [1.82, 2.24) is 4.90 Å². The molecule has 0 aromatic carbocycles. The van der Waals surface area contributed by atoms with Crippen LogP contribution in [-0.4, -0.2) is 56.4 Å². The molecular weight excluding hydrogens is 262 g/mol. The summed E-state index contributed by atoms with van der Waals surface area (Å²) in [5.41, 5.74) is 0. The Balaban J connectivity index is 2.56. The number of rotatable bonds is 7. The van der Waals surface area contributed by atoms with Crippen molar-refractivity contribution in [2.75, 3.05) is 11.5 Å². The molecule has 18 heavy (non-hydrogen) atoms. The molecule has 1 atom stereocenters. The number of nitrogens with zero attached hydrogens (tertiary/aromatic N) is 1. The summed E-state index contributed by atoms with van der Waals surface area (Å²) in [6, 6.07) is -1.27. The molecule has 1 aliphatic rings. The number of carbonyl (C=O) groups is 4. The van der Waals surface area contributed by atoms with Gasteiger partial charge in [0.05, 0.1) is 6.42 Å². The predicted molar refractivity (Wildman–Crippen MR) is 62.0 cm³/mol. The van der Waals surface area contributed by atoms with E-state index >= 15 is 0 Å². The van der Waals surface area contributed by atoms with Crippen LogP contribution in [0.1, 0.15) is 6.42 Å². The Bertz CT molecular complexity index is 401. The molecule has 7 nitrogen and oxygen atoms in total. The van der Waals surface area contributed by atoms with Gasteiger partial charge in [-0.3, -0.25) is 19.3 Å². The fourth-order valence-electron chi connectivity index (χ4n) is 1.33. The van der Waals surface area contributed by atoms with Crippen molar-refractivity contribution >= 4 is 35.5 Å². The molecule has 0 aromatic heterocycles. The second-order valence-corrected chi connectivity index (χ2v) is 4.60. The van der Waals surface area contributed by atoms with Gasteiger partial charge < -0.3 is 10.2 Å². The number of carbonyl (C=O) groups excluding carboxylic acids is 2. The molecular formula is C10H11NO6S. The van der Waals surface area contributed by atoms with Crippen LogP contribution in [0.15, 0.2) is 12.2 Å². The van der Waals surface area contributed by atoms with Crippen LogP contribution in [-0.2, 0) is 19.2 Å². The summed E-state index contributed by atoms with van der Waals surface area (Å²) >= 11 is 1.07. The molecule has 0 fully saturated rings. The first-order valence-electron chi connectivity index (χ1n) is 5.01. The highest BCUT2D eigenvalue weighted by atomic mass is 32.2. The molecule has 98 valence electrons. The van der Waals surface area contributed by atoms with Gasteiger partial charge >= 0.3 is 11.9 Å². The SMILES string of the molecule is O=C(O)CCSCC(C(=O)O)N1C(=O)C=CC1=O. The number of aliphatic carboxylic acids is 2. The first-order chi connectivity index (χ1) is 8.43. The molecule has 0 spiro atoms. The maximum atomic E-state index is 11.3. The Morgan fingerprint density at radius 2 is 1.78 bits per heavy atom. The van der Waals surface area contributed by atoms with Crippen molar-refractivity contribution < 1.29 is 29.4 Å². The van der Waals surface area contributed by atoms with Crippen LogP contribution < -0.4 is 0 Å². The lowest BCUT2D eigenvalue weighted by Gasteiger charge is -2.21. The van der Waals surface area contributed by atoms with Crippen LogP contribution in [0.4, 0.5) is 0 Å². The molecule has 0 radical (unpaired) electrons. The number of imide groups is 1. The summed E-state index contributed by atoms with van der Waals surface area (Å²) < 4.78 is 0. The van der Waals surface area contributed by atoms with Crippen LogP contribution >= 0.6 is 11.8 Å². The molecule has 0 saturated carbocycles. The van der Waals surface area contributed by atoms with E-state index in [9.17, 15) is 19.2 Å². The predicted octanol–water partition coefficient (Wildman–Crippen LogP) is -0.427. The maximum Gasteiger partial charge on any atom is 0.327 e. The fourth-order valence-corrected chi connectivity index (χ4v) is 2.33. The minimum absolute atomic E-state index is 0.0260. The lowest BCUT2D eigenvalue weighted by atomic mass is 10.3. The van der Waals surface area contributed by atoms with E-state index < -0.39 is 29.8 Å². The molecule has 1 aliphatic heterocycles. The zero-order valence-electron chi connectivity index (χ0n) is 9.24. The Morgan fingerprint density at radius 1 is 1.22 bits per heavy atom. The van der Waals surface area contributed by atoms with Crippen molar-refractivity contribution in [3.63, 3.8) is 0 Å². The van der Waals surface area contributed by atoms with Crippen LogP contribution in [0, 0.1) is 0 Å². The van der Waals surface area contributed by atoms with Gasteiger partial charge in [-0.25, -0.2) is 4.79 Å². The van der Waals surface area contributed by atoms with Gasteiger partial charge in [0.25, 0.3) is 11.8 Å². The van der Waals surface area contributed by atoms with E-state index in [1.165, 1.54) is 0 Å². The van der Waals surface area contributed by atoms with Crippen molar-refractivity contribution in [3.05, 3.63) is 12.2 Å². The standard InChI is InChI=1S/C10H11NO6S/c12-7-1-2-8(13)11(7)6(10(16)17)5-18-4-3-9(14)15/h1-2,6H,3-5H2,(H,14,15)(H,16,17). The number of amides is 2. The second-order valence-electron chi connectivity index (χ2n) is 3.45. The summed E-state index contributed by atoms with van der Waals surface area (Å²) in [7, 11) is 0. The number of carboxylic acid groups (broad SMARTS) is 2. The molecule has 0 aliphatic carbocycles. The summed E-state index contributed by atoms with van der Waals surface area (Å²) in [6.45, 7) is 0. The summed E-state index contributed by atoms with van der Waals surface area (Å²) in [6.07, 6.45) is 1.93. The number of carboxylic acids is 2. The minimum Gasteiger partial charge on any atom is -0.481 e. The van der Waals surface area contributed by atoms with Crippen molar-refractivity contribution in [2.45, 2.75) is 12.5 Å². The highest BCUT2D eigenvalue weighted by Gasteiger charge is 2.35. The average Bonchev–Trinajstić information content (AvgIpc) is 2.59. The zero-order valence-corrected chi connectivity index (χ0v) is 10.1. The first-order valence-corrected chi connectivity index (χ1v) is 6.16. The zero-order chi connectivity index (χ0) is 13.7. The van der Waals surface area contributed by atoms with Gasteiger partial charge in [0, 0.05) is 23.7 Å². The van der Waals surface area contributed by atoms with E-state index in [-0.39, 0.29) is 17.9 Å². The molecule has 0 aromatic rings. The highest BCUT2D eigenvalue weighted by Crippen LogP contribution is 2.15. The van der Waals surface area contributed by atoms with Gasteiger partial charge in [-0.2, -0.15) is 11.8 Å². The van der Waals surface area contributed by atoms with Gasteiger partial charge in [0.15, 0.2) is 0 Å². The van der Waals surface area contributed by atoms with E-state index in [2.05, 4.69) is 0 Å². The third kappa shape index (κ3) is 3.59. The Labute approximate surface area is 106 Å². The Morgan fingerprint density at radius 3 is 2.22 bits per heavy atom. The van der Waals surface area contributed by atoms with E-state index in [1.807, 2.05) is 0 Å². The van der Waals surface area contributed by atoms with Gasteiger partial charge in [0.2, 0.25) is 0 Å². The Hall–Kier alpha value is -1.83. The number of thioether (sulfide) groups is 1. The second kappa shape index (κ2) is 6.20. The summed E-state index contributed by atoms with van der Waals surface area (Å²) in [5, 5.41) is 17.4. The Kier molecular flexibility index (Phi) is 4.90. The van der Waals surface area contributed by atoms with Gasteiger partial charge in [-0.15, -0.1) is 0 Å². The molecule has 1 rings (SSSR count). The molecule has 0 saturated heterocycles. The smallest absolute Gasteiger partial charge is 0.327 e. The van der Waals surface area contributed by atoms with Gasteiger partial charge in [0.1, 0.15) is 6.04 Å². The summed E-state index contributed by atoms with van der Waals surface area (Å²) in [4.78, 5) is 44.6. The first kappa shape index (κ1) is 14.2. The molecule has 2 amide bonds. The molecule has 1 heterocycles. The van der Waals surface area contributed by atoms with Crippen molar-refractivity contribution in [1.29, 1.82) is 0 Å². The average molecular weight is 273 g/mol. The van der Waals surface area contributed by atoms with Crippen molar-refractivity contribution in [2.24, 2.45) is 0 Å². The monoisotopic (exact) mass is 273 g/mol. The normalized spacial score (nSPS) is 16.1. The van der Waals surface area contributed by atoms with E-state index in [0.717, 1.165) is 23.9 Å². The topological polar surface area (TPSA) is 112 Å². The molecule has 8 heteroatoms. The van der Waals surface area contributed by atoms with Gasteiger partial charge in [-0.05, 0) is 0 Å². The molecule has 0 bridgehead atoms. The lowest BCUT2D eigenvalue weighted by Crippen LogP contribution is -2.46. The van der Waals surface area contributed by atoms with Crippen LogP contribution in [0.3, 0.4) is 0 Å². The number of hydrogen-bond acceptors (Lipinski definition) is 5. The van der Waals surface area contributed by atoms with Crippen LogP contribution in [0.5, 0.6) is 0 Å². The quantitative estimate of drug-likeness (QED) is 0.478. The van der Waals surface area contributed by atoms with Crippen LogP contribution in [0.25, 0.3) is 0 Å². The largest absolute Gasteiger partial charge is 0.481 e. The maximum absolute atomic E-state index is 11.3. The minimum atomic E-state index is -1.29. The van der Waals surface area contributed by atoms with E-state index in [4.69, 9.17) is 10.2 Å². The third-order valence-electron chi connectivity index (χ3n) is 2.18. The summed E-state index contributed by atoms with van der Waals surface area (Å²) in [5.74, 6) is -3.39. The van der Waals surface area contributed by atoms with Crippen LogP contribution in [0.2, 0.25) is 0 Å².